The minimum atomic E-state index is -2.61. The number of halogens is 2. The number of aryl methyl sites for hydroxylation is 1. The predicted octanol–water partition coefficient (Wildman–Crippen LogP) is 5.63. The molecule has 38 heavy (non-hydrogen) atoms. The van der Waals surface area contributed by atoms with Crippen molar-refractivity contribution in [2.45, 2.75) is 25.8 Å². The zero-order valence-corrected chi connectivity index (χ0v) is 21.2. The summed E-state index contributed by atoms with van der Waals surface area (Å²) in [5.74, 6) is -2.03. The van der Waals surface area contributed by atoms with Gasteiger partial charge in [-0.25, -0.2) is 18.7 Å². The second-order valence-electron chi connectivity index (χ2n) is 9.63. The maximum Gasteiger partial charge on any atom is 0.261 e. The number of hydrogen-bond donors (Lipinski definition) is 1. The number of nitrogens with zero attached hydrogens (tertiary/aromatic N) is 7. The SMILES string of the molecule is Cc1ccsc1-c1cncc2[nH]c(-n3ncc4nc(-c5cncc(CN6CCC(F)(F)C6)c5)ccc43)nc12. The van der Waals surface area contributed by atoms with Gasteiger partial charge in [-0.2, -0.15) is 9.78 Å². The second-order valence-corrected chi connectivity index (χ2v) is 10.5. The van der Waals surface area contributed by atoms with E-state index in [4.69, 9.17) is 9.97 Å². The van der Waals surface area contributed by atoms with E-state index in [1.807, 2.05) is 24.4 Å². The first-order valence-corrected chi connectivity index (χ1v) is 13.1. The number of pyridine rings is 3. The summed E-state index contributed by atoms with van der Waals surface area (Å²) in [5.41, 5.74) is 7.80. The molecule has 0 amide bonds. The van der Waals surface area contributed by atoms with Crippen LogP contribution in [0.1, 0.15) is 17.5 Å². The fourth-order valence-corrected chi connectivity index (χ4v) is 5.93. The van der Waals surface area contributed by atoms with Crippen molar-refractivity contribution in [3.05, 3.63) is 71.8 Å². The summed E-state index contributed by atoms with van der Waals surface area (Å²) in [7, 11) is 0. The monoisotopic (exact) mass is 528 g/mol. The Labute approximate surface area is 220 Å². The van der Waals surface area contributed by atoms with Gasteiger partial charge in [-0.05, 0) is 47.7 Å². The smallest absolute Gasteiger partial charge is 0.261 e. The van der Waals surface area contributed by atoms with E-state index in [1.165, 1.54) is 5.56 Å². The van der Waals surface area contributed by atoms with E-state index in [2.05, 4.69) is 38.4 Å². The van der Waals surface area contributed by atoms with Crippen molar-refractivity contribution in [3.8, 4) is 27.6 Å². The number of hydrogen-bond acceptors (Lipinski definition) is 7. The molecule has 0 bridgehead atoms. The molecule has 0 radical (unpaired) electrons. The topological polar surface area (TPSA) is 88.4 Å². The Morgan fingerprint density at radius 1 is 1.05 bits per heavy atom. The van der Waals surface area contributed by atoms with E-state index in [0.29, 0.717) is 24.6 Å². The number of nitrogens with one attached hydrogen (secondary N) is 1. The van der Waals surface area contributed by atoms with Crippen LogP contribution in [0.3, 0.4) is 0 Å². The zero-order chi connectivity index (χ0) is 25.9. The molecule has 6 aromatic heterocycles. The number of aromatic nitrogens is 7. The van der Waals surface area contributed by atoms with Gasteiger partial charge in [0.25, 0.3) is 5.92 Å². The lowest BCUT2D eigenvalue weighted by atomic mass is 10.1. The number of likely N-dealkylation sites (tertiary alicyclic amines) is 1. The molecule has 7 heterocycles. The van der Waals surface area contributed by atoms with Gasteiger partial charge in [-0.15, -0.1) is 11.3 Å². The fraction of sp³-hybridized carbons (Fsp3) is 0.222. The summed E-state index contributed by atoms with van der Waals surface area (Å²) >= 11 is 1.67. The van der Waals surface area contributed by atoms with Crippen molar-refractivity contribution < 1.29 is 8.78 Å². The molecular weight excluding hydrogens is 506 g/mol. The Balaban J connectivity index is 1.21. The average molecular weight is 529 g/mol. The Morgan fingerprint density at radius 3 is 2.76 bits per heavy atom. The van der Waals surface area contributed by atoms with Crippen molar-refractivity contribution in [1.29, 1.82) is 0 Å². The highest BCUT2D eigenvalue weighted by Gasteiger charge is 2.37. The summed E-state index contributed by atoms with van der Waals surface area (Å²) in [4.78, 5) is 24.7. The van der Waals surface area contributed by atoms with E-state index in [-0.39, 0.29) is 13.0 Å². The summed E-state index contributed by atoms with van der Waals surface area (Å²) in [6.07, 6.45) is 8.68. The third kappa shape index (κ3) is 4.04. The second kappa shape index (κ2) is 8.74. The van der Waals surface area contributed by atoms with Crippen molar-refractivity contribution in [2.24, 2.45) is 0 Å². The van der Waals surface area contributed by atoms with Crippen LogP contribution in [0.5, 0.6) is 0 Å². The van der Waals surface area contributed by atoms with Crippen LogP contribution >= 0.6 is 11.3 Å². The van der Waals surface area contributed by atoms with E-state index in [9.17, 15) is 8.78 Å². The van der Waals surface area contributed by atoms with E-state index in [0.717, 1.165) is 43.8 Å². The molecule has 1 fully saturated rings. The highest BCUT2D eigenvalue weighted by molar-refractivity contribution is 7.13. The summed E-state index contributed by atoms with van der Waals surface area (Å²) in [5, 5.41) is 6.62. The highest BCUT2D eigenvalue weighted by atomic mass is 32.1. The lowest BCUT2D eigenvalue weighted by Crippen LogP contribution is -2.24. The van der Waals surface area contributed by atoms with Crippen LogP contribution in [0.4, 0.5) is 8.78 Å². The van der Waals surface area contributed by atoms with Crippen molar-refractivity contribution in [2.75, 3.05) is 13.1 Å². The average Bonchev–Trinajstić information content (AvgIpc) is 3.69. The first kappa shape index (κ1) is 23.1. The van der Waals surface area contributed by atoms with Crippen LogP contribution in [0, 0.1) is 6.92 Å². The van der Waals surface area contributed by atoms with Crippen LogP contribution in [-0.2, 0) is 6.54 Å². The first-order valence-electron chi connectivity index (χ1n) is 12.2. The Bertz CT molecular complexity index is 1800. The third-order valence-electron chi connectivity index (χ3n) is 6.86. The zero-order valence-electron chi connectivity index (χ0n) is 20.4. The van der Waals surface area contributed by atoms with Crippen molar-refractivity contribution in [1.82, 2.24) is 39.6 Å². The fourth-order valence-electron chi connectivity index (χ4n) is 5.00. The molecule has 11 heteroatoms. The van der Waals surface area contributed by atoms with Gasteiger partial charge in [0.2, 0.25) is 5.95 Å². The molecule has 1 aliphatic rings. The van der Waals surface area contributed by atoms with Crippen molar-refractivity contribution >= 4 is 33.4 Å². The molecular formula is C27H22F2N8S. The van der Waals surface area contributed by atoms with Gasteiger partial charge < -0.3 is 4.98 Å². The van der Waals surface area contributed by atoms with Gasteiger partial charge in [0, 0.05) is 54.1 Å². The number of imidazole rings is 1. The number of rotatable bonds is 5. The number of thiophene rings is 1. The lowest BCUT2D eigenvalue weighted by Gasteiger charge is -2.15. The predicted molar refractivity (Wildman–Crippen MR) is 142 cm³/mol. The standard InChI is InChI=1S/C27H22F2N8S/c1-16-4-7-38-25(16)19-11-31-12-22-24(19)35-26(34-22)37-23-3-2-20(33-21(23)13-32-37)18-8-17(9-30-10-18)14-36-6-5-27(28,29)15-36/h2-4,7-13H,5-6,14-15H2,1H3,(H,34,35). The molecule has 6 aromatic rings. The van der Waals surface area contributed by atoms with Gasteiger partial charge >= 0.3 is 0 Å². The van der Waals surface area contributed by atoms with Crippen LogP contribution < -0.4 is 0 Å². The number of fused-ring (bicyclic) bond motifs is 2. The van der Waals surface area contributed by atoms with Gasteiger partial charge in [0.05, 0.1) is 35.7 Å². The minimum Gasteiger partial charge on any atom is -0.321 e. The third-order valence-corrected chi connectivity index (χ3v) is 7.91. The summed E-state index contributed by atoms with van der Waals surface area (Å²) in [6.45, 7) is 2.68. The largest absolute Gasteiger partial charge is 0.321 e. The molecule has 0 unspecified atom stereocenters. The van der Waals surface area contributed by atoms with Crippen molar-refractivity contribution in [3.63, 3.8) is 0 Å². The molecule has 0 aliphatic carbocycles. The van der Waals surface area contributed by atoms with E-state index < -0.39 is 5.92 Å². The molecule has 0 atom stereocenters. The molecule has 190 valence electrons. The molecule has 8 nitrogen and oxygen atoms in total. The molecule has 1 saturated heterocycles. The molecule has 7 rings (SSSR count). The normalized spacial score (nSPS) is 15.7. The Hall–Kier alpha value is -4.09. The van der Waals surface area contributed by atoms with E-state index >= 15 is 0 Å². The van der Waals surface area contributed by atoms with Gasteiger partial charge in [-0.3, -0.25) is 14.9 Å². The number of H-pyrrole nitrogens is 1. The Morgan fingerprint density at radius 2 is 1.95 bits per heavy atom. The number of aromatic amines is 1. The van der Waals surface area contributed by atoms with Crippen LogP contribution in [0.2, 0.25) is 0 Å². The quantitative estimate of drug-likeness (QED) is 0.312. The maximum absolute atomic E-state index is 13.6. The van der Waals surface area contributed by atoms with Gasteiger partial charge in [0.1, 0.15) is 11.0 Å². The number of alkyl halides is 2. The lowest BCUT2D eigenvalue weighted by molar-refractivity contribution is 0.0115. The summed E-state index contributed by atoms with van der Waals surface area (Å²) < 4.78 is 28.9. The molecule has 0 saturated carbocycles. The summed E-state index contributed by atoms with van der Waals surface area (Å²) in [6, 6.07) is 7.92. The van der Waals surface area contributed by atoms with Crippen LogP contribution in [-0.4, -0.2) is 58.6 Å². The molecule has 0 aromatic carbocycles. The minimum absolute atomic E-state index is 0.0982. The molecule has 1 aliphatic heterocycles. The van der Waals surface area contributed by atoms with Crippen LogP contribution in [0.25, 0.3) is 49.7 Å². The highest BCUT2D eigenvalue weighted by Crippen LogP contribution is 2.34. The first-order chi connectivity index (χ1) is 18.4. The Kier molecular flexibility index (Phi) is 5.31. The molecule has 0 spiro atoms. The van der Waals surface area contributed by atoms with Gasteiger partial charge in [0.15, 0.2) is 0 Å². The maximum atomic E-state index is 13.6. The van der Waals surface area contributed by atoms with E-state index in [1.54, 1.807) is 45.7 Å². The van der Waals surface area contributed by atoms with Crippen LogP contribution in [0.15, 0.2) is 60.6 Å². The molecule has 1 N–H and O–H groups in total. The van der Waals surface area contributed by atoms with Gasteiger partial charge in [-0.1, -0.05) is 0 Å².